The van der Waals surface area contributed by atoms with Crippen molar-refractivity contribution in [3.63, 3.8) is 0 Å². The average molecular weight is 555 g/mol. The topological polar surface area (TPSA) is 86.8 Å². The Hall–Kier alpha value is -2.29. The molecule has 2 aromatic carbocycles. The van der Waals surface area contributed by atoms with E-state index in [1.165, 1.54) is 11.0 Å². The minimum atomic E-state index is -3.83. The van der Waals surface area contributed by atoms with Gasteiger partial charge in [0.25, 0.3) is 0 Å². The van der Waals surface area contributed by atoms with E-state index in [0.29, 0.717) is 22.0 Å². The molecule has 36 heavy (non-hydrogen) atoms. The molecule has 0 bridgehead atoms. The monoisotopic (exact) mass is 553 g/mol. The number of nitrogens with one attached hydrogen (secondary N) is 1. The van der Waals surface area contributed by atoms with Crippen molar-refractivity contribution in [1.82, 2.24) is 10.2 Å². The highest BCUT2D eigenvalue weighted by Gasteiger charge is 2.33. The zero-order valence-electron chi connectivity index (χ0n) is 20.8. The summed E-state index contributed by atoms with van der Waals surface area (Å²) < 4.78 is 26.4. The minimum absolute atomic E-state index is 0.0708. The first-order valence-electron chi connectivity index (χ1n) is 12.1. The van der Waals surface area contributed by atoms with E-state index in [2.05, 4.69) is 5.32 Å². The van der Waals surface area contributed by atoms with Crippen LogP contribution in [0.15, 0.2) is 42.5 Å². The van der Waals surface area contributed by atoms with Gasteiger partial charge < -0.3 is 10.2 Å². The van der Waals surface area contributed by atoms with Crippen molar-refractivity contribution in [3.05, 3.63) is 63.6 Å². The molecule has 0 aromatic heterocycles. The van der Waals surface area contributed by atoms with Crippen LogP contribution >= 0.6 is 23.2 Å². The summed E-state index contributed by atoms with van der Waals surface area (Å²) in [6, 6.07) is 11.2. The summed E-state index contributed by atoms with van der Waals surface area (Å²) in [6.07, 6.45) is 5.35. The number of hydrogen-bond acceptors (Lipinski definition) is 4. The zero-order chi connectivity index (χ0) is 26.5. The van der Waals surface area contributed by atoms with Crippen LogP contribution in [0.2, 0.25) is 10.0 Å². The second-order valence-electron chi connectivity index (χ2n) is 9.23. The standard InChI is InChI=1S/C26H33Cl2N3O4S/c1-4-24(26(33)29-20-10-6-7-11-20)30(16-19-9-5-8-12-22(19)27)25(32)17-31(36(3,34)35)21-14-13-18(2)23(28)15-21/h5,8-9,12-15,20,24H,4,6-7,10-11,16-17H2,1-3H3,(H,29,33)/t24-/m1/s1. The van der Waals surface area contributed by atoms with Gasteiger partial charge in [-0.15, -0.1) is 0 Å². The van der Waals surface area contributed by atoms with E-state index in [9.17, 15) is 18.0 Å². The van der Waals surface area contributed by atoms with E-state index < -0.39 is 28.5 Å². The number of aryl methyl sites for hydroxylation is 1. The fraction of sp³-hybridized carbons (Fsp3) is 0.462. The Labute approximate surface area is 223 Å². The maximum absolute atomic E-state index is 13.7. The van der Waals surface area contributed by atoms with E-state index in [4.69, 9.17) is 23.2 Å². The Kier molecular flexibility index (Phi) is 9.66. The molecule has 3 rings (SSSR count). The Morgan fingerprint density at radius 3 is 2.33 bits per heavy atom. The van der Waals surface area contributed by atoms with E-state index in [1.54, 1.807) is 36.4 Å². The van der Waals surface area contributed by atoms with Gasteiger partial charge in [-0.2, -0.15) is 0 Å². The van der Waals surface area contributed by atoms with Gasteiger partial charge in [-0.3, -0.25) is 13.9 Å². The highest BCUT2D eigenvalue weighted by molar-refractivity contribution is 7.92. The van der Waals surface area contributed by atoms with Gasteiger partial charge in [0, 0.05) is 22.6 Å². The average Bonchev–Trinajstić information content (AvgIpc) is 3.32. The lowest BCUT2D eigenvalue weighted by Crippen LogP contribution is -2.53. The Balaban J connectivity index is 1.94. The summed E-state index contributed by atoms with van der Waals surface area (Å²) in [4.78, 5) is 28.5. The number of nitrogens with zero attached hydrogens (tertiary/aromatic N) is 2. The smallest absolute Gasteiger partial charge is 0.244 e. The third kappa shape index (κ3) is 7.14. The normalized spacial score (nSPS) is 14.9. The van der Waals surface area contributed by atoms with Gasteiger partial charge in [0.15, 0.2) is 0 Å². The molecule has 1 aliphatic rings. The van der Waals surface area contributed by atoms with Crippen LogP contribution in [0.4, 0.5) is 5.69 Å². The number of amides is 2. The quantitative estimate of drug-likeness (QED) is 0.451. The molecule has 1 atom stereocenters. The maximum Gasteiger partial charge on any atom is 0.244 e. The van der Waals surface area contributed by atoms with Crippen molar-refractivity contribution in [3.8, 4) is 0 Å². The lowest BCUT2D eigenvalue weighted by molar-refractivity contribution is -0.140. The molecule has 2 amide bonds. The number of benzene rings is 2. The highest BCUT2D eigenvalue weighted by Crippen LogP contribution is 2.26. The van der Waals surface area contributed by atoms with Crippen LogP contribution in [0.25, 0.3) is 0 Å². The van der Waals surface area contributed by atoms with E-state index in [-0.39, 0.29) is 24.2 Å². The van der Waals surface area contributed by atoms with Gasteiger partial charge in [0.2, 0.25) is 21.8 Å². The lowest BCUT2D eigenvalue weighted by Gasteiger charge is -2.33. The number of rotatable bonds is 10. The number of carbonyl (C=O) groups excluding carboxylic acids is 2. The molecular weight excluding hydrogens is 521 g/mol. The van der Waals surface area contributed by atoms with Crippen LogP contribution < -0.4 is 9.62 Å². The molecule has 0 saturated heterocycles. The van der Waals surface area contributed by atoms with Crippen LogP contribution in [0, 0.1) is 6.92 Å². The van der Waals surface area contributed by atoms with Gasteiger partial charge in [-0.1, -0.05) is 67.2 Å². The molecule has 2 aromatic rings. The van der Waals surface area contributed by atoms with Crippen LogP contribution in [-0.4, -0.2) is 50.0 Å². The summed E-state index contributed by atoms with van der Waals surface area (Å²) in [7, 11) is -3.83. The molecule has 0 unspecified atom stereocenters. The summed E-state index contributed by atoms with van der Waals surface area (Å²) in [6.45, 7) is 3.24. The van der Waals surface area contributed by atoms with Crippen molar-refractivity contribution >= 4 is 50.7 Å². The number of carbonyl (C=O) groups is 2. The molecule has 7 nitrogen and oxygen atoms in total. The first-order valence-corrected chi connectivity index (χ1v) is 14.7. The predicted molar refractivity (Wildman–Crippen MR) is 145 cm³/mol. The van der Waals surface area contributed by atoms with Crippen molar-refractivity contribution in [2.24, 2.45) is 0 Å². The highest BCUT2D eigenvalue weighted by atomic mass is 35.5. The Morgan fingerprint density at radius 2 is 1.75 bits per heavy atom. The third-order valence-corrected chi connectivity index (χ3v) is 8.43. The van der Waals surface area contributed by atoms with Gasteiger partial charge >= 0.3 is 0 Å². The number of sulfonamides is 1. The fourth-order valence-corrected chi connectivity index (χ4v) is 5.66. The molecule has 0 spiro atoms. The molecule has 1 fully saturated rings. The molecule has 0 aliphatic heterocycles. The van der Waals surface area contributed by atoms with Gasteiger partial charge in [-0.05, 0) is 55.5 Å². The van der Waals surface area contributed by atoms with Crippen LogP contribution in [0.5, 0.6) is 0 Å². The molecular formula is C26H33Cl2N3O4S. The fourth-order valence-electron chi connectivity index (χ4n) is 4.45. The largest absolute Gasteiger partial charge is 0.352 e. The molecule has 196 valence electrons. The van der Waals surface area contributed by atoms with E-state index in [1.807, 2.05) is 13.8 Å². The Morgan fingerprint density at radius 1 is 1.08 bits per heavy atom. The molecule has 1 N–H and O–H groups in total. The number of anilines is 1. The van der Waals surface area contributed by atoms with Crippen LogP contribution in [0.3, 0.4) is 0 Å². The third-order valence-electron chi connectivity index (χ3n) is 6.51. The molecule has 10 heteroatoms. The van der Waals surface area contributed by atoms with Crippen LogP contribution in [0.1, 0.15) is 50.2 Å². The summed E-state index contributed by atoms with van der Waals surface area (Å²) in [5.74, 6) is -0.750. The van der Waals surface area contributed by atoms with Gasteiger partial charge in [0.05, 0.1) is 11.9 Å². The predicted octanol–water partition coefficient (Wildman–Crippen LogP) is 4.93. The first kappa shape index (κ1) is 28.3. The minimum Gasteiger partial charge on any atom is -0.352 e. The zero-order valence-corrected chi connectivity index (χ0v) is 23.2. The second kappa shape index (κ2) is 12.3. The first-order chi connectivity index (χ1) is 17.0. The Bertz CT molecular complexity index is 1200. The van der Waals surface area contributed by atoms with Gasteiger partial charge in [-0.25, -0.2) is 8.42 Å². The molecule has 1 saturated carbocycles. The lowest BCUT2D eigenvalue weighted by atomic mass is 10.1. The number of hydrogen-bond donors (Lipinski definition) is 1. The molecule has 0 radical (unpaired) electrons. The number of halogens is 2. The SMILES string of the molecule is CC[C@H](C(=O)NC1CCCC1)N(Cc1ccccc1Cl)C(=O)CN(c1ccc(C)c(Cl)c1)S(C)(=O)=O. The summed E-state index contributed by atoms with van der Waals surface area (Å²) >= 11 is 12.6. The van der Waals surface area contributed by atoms with Crippen molar-refractivity contribution in [1.29, 1.82) is 0 Å². The molecule has 1 aliphatic carbocycles. The summed E-state index contributed by atoms with van der Waals surface area (Å²) in [5.41, 5.74) is 1.74. The van der Waals surface area contributed by atoms with Gasteiger partial charge in [0.1, 0.15) is 12.6 Å². The van der Waals surface area contributed by atoms with Crippen molar-refractivity contribution < 1.29 is 18.0 Å². The second-order valence-corrected chi connectivity index (χ2v) is 12.0. The molecule has 0 heterocycles. The van der Waals surface area contributed by atoms with E-state index >= 15 is 0 Å². The summed E-state index contributed by atoms with van der Waals surface area (Å²) in [5, 5.41) is 3.94. The van der Waals surface area contributed by atoms with Crippen LogP contribution in [-0.2, 0) is 26.2 Å². The maximum atomic E-state index is 13.7. The van der Waals surface area contributed by atoms with E-state index in [0.717, 1.165) is 41.8 Å². The van der Waals surface area contributed by atoms with Crippen molar-refractivity contribution in [2.75, 3.05) is 17.1 Å². The van der Waals surface area contributed by atoms with Crippen molar-refractivity contribution in [2.45, 2.75) is 64.6 Å².